The molecule has 0 aliphatic carbocycles. The van der Waals surface area contributed by atoms with Crippen LogP contribution >= 0.6 is 0 Å². The van der Waals surface area contributed by atoms with Gasteiger partial charge in [-0.15, -0.1) is 0 Å². The molecular weight excluding hydrogens is 222 g/mol. The van der Waals surface area contributed by atoms with Crippen LogP contribution in [0.15, 0.2) is 48.8 Å². The van der Waals surface area contributed by atoms with Gasteiger partial charge in [-0.3, -0.25) is 4.68 Å². The maximum absolute atomic E-state index is 4.21. The Morgan fingerprint density at radius 3 is 2.56 bits per heavy atom. The van der Waals surface area contributed by atoms with Gasteiger partial charge in [-0.25, -0.2) is 0 Å². The van der Waals surface area contributed by atoms with Gasteiger partial charge in [0, 0.05) is 25.0 Å². The van der Waals surface area contributed by atoms with Crippen molar-refractivity contribution in [2.24, 2.45) is 5.92 Å². The fraction of sp³-hybridized carbons (Fsp3) is 0.400. The van der Waals surface area contributed by atoms with Crippen LogP contribution in [0.1, 0.15) is 25.5 Å². The van der Waals surface area contributed by atoms with Crippen molar-refractivity contribution >= 4 is 0 Å². The molecule has 0 fully saturated rings. The van der Waals surface area contributed by atoms with Gasteiger partial charge < -0.3 is 5.32 Å². The minimum absolute atomic E-state index is 0.404. The normalized spacial score (nSPS) is 12.8. The highest BCUT2D eigenvalue weighted by atomic mass is 15.3. The minimum Gasteiger partial charge on any atom is -0.308 e. The molecule has 1 heterocycles. The van der Waals surface area contributed by atoms with Crippen LogP contribution < -0.4 is 5.32 Å². The molecule has 1 aromatic carbocycles. The molecule has 3 heteroatoms. The van der Waals surface area contributed by atoms with Gasteiger partial charge in [0.15, 0.2) is 0 Å². The lowest BCUT2D eigenvalue weighted by atomic mass is 9.96. The third-order valence-electron chi connectivity index (χ3n) is 3.09. The first-order chi connectivity index (χ1) is 8.77. The van der Waals surface area contributed by atoms with Crippen molar-refractivity contribution in [2.45, 2.75) is 26.4 Å². The fourth-order valence-electron chi connectivity index (χ4n) is 2.17. The fourth-order valence-corrected chi connectivity index (χ4v) is 2.17. The van der Waals surface area contributed by atoms with Gasteiger partial charge in [0.2, 0.25) is 0 Å². The van der Waals surface area contributed by atoms with Gasteiger partial charge in [0.25, 0.3) is 0 Å². The third kappa shape index (κ3) is 3.44. The molecule has 0 saturated carbocycles. The molecule has 0 aliphatic rings. The summed E-state index contributed by atoms with van der Waals surface area (Å²) in [6, 6.07) is 13.0. The first-order valence-corrected chi connectivity index (χ1v) is 6.53. The van der Waals surface area contributed by atoms with E-state index in [1.807, 2.05) is 23.1 Å². The van der Waals surface area contributed by atoms with E-state index in [9.17, 15) is 0 Å². The largest absolute Gasteiger partial charge is 0.308 e. The molecule has 1 atom stereocenters. The Bertz CT molecular complexity index is 434. The second kappa shape index (κ2) is 6.36. The number of nitrogens with one attached hydrogen (secondary N) is 1. The number of nitrogens with zero attached hydrogens (tertiary/aromatic N) is 2. The summed E-state index contributed by atoms with van der Waals surface area (Å²) in [5.74, 6) is 0.574. The van der Waals surface area contributed by atoms with Gasteiger partial charge in [-0.05, 0) is 17.5 Å². The molecule has 1 aromatic heterocycles. The van der Waals surface area contributed by atoms with E-state index in [4.69, 9.17) is 0 Å². The smallest absolute Gasteiger partial charge is 0.0534 e. The summed E-state index contributed by atoms with van der Waals surface area (Å²) >= 11 is 0. The lowest BCUT2D eigenvalue weighted by Gasteiger charge is -2.23. The van der Waals surface area contributed by atoms with Crippen molar-refractivity contribution in [3.63, 3.8) is 0 Å². The van der Waals surface area contributed by atoms with E-state index in [1.165, 1.54) is 5.56 Å². The molecular formula is C15H21N3. The van der Waals surface area contributed by atoms with Crippen LogP contribution in [-0.2, 0) is 6.54 Å². The van der Waals surface area contributed by atoms with Gasteiger partial charge in [-0.2, -0.15) is 5.10 Å². The second-order valence-corrected chi connectivity index (χ2v) is 4.86. The third-order valence-corrected chi connectivity index (χ3v) is 3.09. The zero-order valence-corrected chi connectivity index (χ0v) is 11.1. The predicted octanol–water partition coefficient (Wildman–Crippen LogP) is 2.87. The molecule has 96 valence electrons. The summed E-state index contributed by atoms with van der Waals surface area (Å²) in [7, 11) is 0. The number of hydrogen-bond acceptors (Lipinski definition) is 2. The summed E-state index contributed by atoms with van der Waals surface area (Å²) < 4.78 is 1.95. The average molecular weight is 243 g/mol. The molecule has 0 bridgehead atoms. The molecule has 0 aliphatic heterocycles. The molecule has 0 amide bonds. The van der Waals surface area contributed by atoms with Gasteiger partial charge >= 0.3 is 0 Å². The molecule has 2 aromatic rings. The average Bonchev–Trinajstić information content (AvgIpc) is 2.88. The lowest BCUT2D eigenvalue weighted by Crippen LogP contribution is -2.29. The Morgan fingerprint density at radius 2 is 1.94 bits per heavy atom. The molecule has 3 nitrogen and oxygen atoms in total. The highest BCUT2D eigenvalue weighted by Crippen LogP contribution is 2.20. The number of aromatic nitrogens is 2. The molecule has 0 radical (unpaired) electrons. The van der Waals surface area contributed by atoms with E-state index in [2.05, 4.69) is 54.6 Å². The van der Waals surface area contributed by atoms with Crippen molar-refractivity contribution in [3.8, 4) is 0 Å². The van der Waals surface area contributed by atoms with Crippen molar-refractivity contribution in [2.75, 3.05) is 6.54 Å². The minimum atomic E-state index is 0.404. The van der Waals surface area contributed by atoms with Crippen LogP contribution in [0.4, 0.5) is 0 Å². The highest BCUT2D eigenvalue weighted by Gasteiger charge is 2.14. The van der Waals surface area contributed by atoms with Crippen molar-refractivity contribution < 1.29 is 0 Å². The highest BCUT2D eigenvalue weighted by molar-refractivity contribution is 5.19. The first-order valence-electron chi connectivity index (χ1n) is 6.53. The number of rotatable bonds is 6. The lowest BCUT2D eigenvalue weighted by molar-refractivity contribution is 0.397. The second-order valence-electron chi connectivity index (χ2n) is 4.86. The SMILES string of the molecule is CC(C)C(NCCn1cccn1)c1ccccc1. The molecule has 2 rings (SSSR count). The number of hydrogen-bond donors (Lipinski definition) is 1. The van der Waals surface area contributed by atoms with Crippen LogP contribution in [0.3, 0.4) is 0 Å². The monoisotopic (exact) mass is 243 g/mol. The van der Waals surface area contributed by atoms with Gasteiger partial charge in [0.05, 0.1) is 6.54 Å². The Morgan fingerprint density at radius 1 is 1.17 bits per heavy atom. The van der Waals surface area contributed by atoms with E-state index in [1.54, 1.807) is 0 Å². The molecule has 18 heavy (non-hydrogen) atoms. The zero-order chi connectivity index (χ0) is 12.8. The quantitative estimate of drug-likeness (QED) is 0.845. The van der Waals surface area contributed by atoms with Crippen molar-refractivity contribution in [3.05, 3.63) is 54.4 Å². The summed E-state index contributed by atoms with van der Waals surface area (Å²) in [6.45, 7) is 6.33. The van der Waals surface area contributed by atoms with E-state index >= 15 is 0 Å². The predicted molar refractivity (Wildman–Crippen MR) is 74.3 cm³/mol. The van der Waals surface area contributed by atoms with Crippen LogP contribution in [0.5, 0.6) is 0 Å². The van der Waals surface area contributed by atoms with Gasteiger partial charge in [-0.1, -0.05) is 44.2 Å². The summed E-state index contributed by atoms with van der Waals surface area (Å²) in [5.41, 5.74) is 1.35. The standard InChI is InChI=1S/C15H21N3/c1-13(2)15(14-7-4-3-5-8-14)16-10-12-18-11-6-9-17-18/h3-9,11,13,15-16H,10,12H2,1-2H3. The van der Waals surface area contributed by atoms with E-state index < -0.39 is 0 Å². The zero-order valence-electron chi connectivity index (χ0n) is 11.1. The first kappa shape index (κ1) is 12.8. The molecule has 0 spiro atoms. The van der Waals surface area contributed by atoms with E-state index in [-0.39, 0.29) is 0 Å². The molecule has 1 N–H and O–H groups in total. The topological polar surface area (TPSA) is 29.9 Å². The summed E-state index contributed by atoms with van der Waals surface area (Å²) in [4.78, 5) is 0. The molecule has 0 saturated heterocycles. The Kier molecular flexibility index (Phi) is 4.53. The van der Waals surface area contributed by atoms with Crippen molar-refractivity contribution in [1.82, 2.24) is 15.1 Å². The van der Waals surface area contributed by atoms with Crippen molar-refractivity contribution in [1.29, 1.82) is 0 Å². The Balaban J connectivity index is 1.91. The van der Waals surface area contributed by atoms with Gasteiger partial charge in [0.1, 0.15) is 0 Å². The number of benzene rings is 1. The maximum atomic E-state index is 4.21. The van der Waals surface area contributed by atoms with Crippen LogP contribution in [-0.4, -0.2) is 16.3 Å². The molecule has 1 unspecified atom stereocenters. The maximum Gasteiger partial charge on any atom is 0.0534 e. The van der Waals surface area contributed by atoms with E-state index in [0.717, 1.165) is 13.1 Å². The van der Waals surface area contributed by atoms with Crippen LogP contribution in [0.2, 0.25) is 0 Å². The van der Waals surface area contributed by atoms with Crippen LogP contribution in [0, 0.1) is 5.92 Å². The summed E-state index contributed by atoms with van der Waals surface area (Å²) in [5, 5.41) is 7.82. The van der Waals surface area contributed by atoms with Crippen LogP contribution in [0.25, 0.3) is 0 Å². The van der Waals surface area contributed by atoms with E-state index in [0.29, 0.717) is 12.0 Å². The Labute approximate surface area is 109 Å². The Hall–Kier alpha value is -1.61. The summed E-state index contributed by atoms with van der Waals surface area (Å²) in [6.07, 6.45) is 3.81.